The lowest BCUT2D eigenvalue weighted by molar-refractivity contribution is -0.121. The Bertz CT molecular complexity index is 685. The van der Waals surface area contributed by atoms with Crippen molar-refractivity contribution in [3.8, 4) is 5.75 Å². The van der Waals surface area contributed by atoms with Crippen molar-refractivity contribution < 1.29 is 22.7 Å². The molecule has 1 aliphatic rings. The molecule has 0 atom stereocenters. The van der Waals surface area contributed by atoms with Crippen LogP contribution in [0.2, 0.25) is 0 Å². The van der Waals surface area contributed by atoms with Gasteiger partial charge in [-0.3, -0.25) is 4.79 Å². The van der Waals surface area contributed by atoms with E-state index in [4.69, 9.17) is 9.47 Å². The quantitative estimate of drug-likeness (QED) is 0.611. The van der Waals surface area contributed by atoms with Crippen LogP contribution in [-0.2, 0) is 19.6 Å². The Labute approximate surface area is 162 Å². The molecule has 27 heavy (non-hydrogen) atoms. The average Bonchev–Trinajstić information content (AvgIpc) is 2.68. The Morgan fingerprint density at radius 3 is 2.48 bits per heavy atom. The fourth-order valence-electron chi connectivity index (χ4n) is 3.05. The summed E-state index contributed by atoms with van der Waals surface area (Å²) in [6.45, 7) is 0.866. The molecule has 1 aromatic carbocycles. The van der Waals surface area contributed by atoms with Gasteiger partial charge < -0.3 is 14.8 Å². The molecular formula is C19H30N2O5S. The van der Waals surface area contributed by atoms with E-state index in [1.807, 2.05) is 0 Å². The van der Waals surface area contributed by atoms with Crippen molar-refractivity contribution in [2.24, 2.45) is 0 Å². The van der Waals surface area contributed by atoms with Gasteiger partial charge in [0.25, 0.3) is 0 Å². The van der Waals surface area contributed by atoms with Crippen molar-refractivity contribution in [2.75, 3.05) is 33.9 Å². The first kappa shape index (κ1) is 21.7. The lowest BCUT2D eigenvalue weighted by atomic mass is 9.98. The molecule has 0 spiro atoms. The van der Waals surface area contributed by atoms with Gasteiger partial charge in [-0.2, -0.15) is 4.31 Å². The van der Waals surface area contributed by atoms with Crippen molar-refractivity contribution >= 4 is 15.9 Å². The number of sulfonamides is 1. The molecule has 0 aliphatic heterocycles. The normalized spacial score (nSPS) is 15.7. The number of ether oxygens (including phenoxy) is 2. The predicted octanol–water partition coefficient (Wildman–Crippen LogP) is 2.17. The highest BCUT2D eigenvalue weighted by Crippen LogP contribution is 2.20. The van der Waals surface area contributed by atoms with Gasteiger partial charge in [-0.05, 0) is 43.5 Å². The maximum absolute atomic E-state index is 12.5. The number of carbonyl (C=O) groups excluding carboxylic acids is 1. The summed E-state index contributed by atoms with van der Waals surface area (Å²) in [6.07, 6.45) is 7.09. The van der Waals surface area contributed by atoms with Gasteiger partial charge in [0, 0.05) is 20.2 Å². The van der Waals surface area contributed by atoms with Crippen LogP contribution in [0, 0.1) is 0 Å². The van der Waals surface area contributed by atoms with Crippen LogP contribution in [0.3, 0.4) is 0 Å². The molecule has 1 aliphatic carbocycles. The van der Waals surface area contributed by atoms with Gasteiger partial charge in [0.15, 0.2) is 0 Å². The smallest absolute Gasteiger partial charge is 0.243 e. The summed E-state index contributed by atoms with van der Waals surface area (Å²) in [6, 6.07) is 6.08. The molecule has 152 valence electrons. The minimum atomic E-state index is -3.72. The van der Waals surface area contributed by atoms with Gasteiger partial charge in [0.05, 0.1) is 24.7 Å². The number of likely N-dealkylation sites (N-methyl/N-ethyl adjacent to an activating group) is 1. The van der Waals surface area contributed by atoms with Crippen LogP contribution in [0.4, 0.5) is 0 Å². The molecule has 0 unspecified atom stereocenters. The molecule has 7 nitrogen and oxygen atoms in total. The molecule has 0 radical (unpaired) electrons. The summed E-state index contributed by atoms with van der Waals surface area (Å²) >= 11 is 0. The number of amides is 1. The van der Waals surface area contributed by atoms with Crippen LogP contribution >= 0.6 is 0 Å². The van der Waals surface area contributed by atoms with E-state index in [0.717, 1.165) is 23.6 Å². The van der Waals surface area contributed by atoms with Crippen LogP contribution in [-0.4, -0.2) is 58.6 Å². The van der Waals surface area contributed by atoms with E-state index in [1.54, 1.807) is 12.1 Å². The third-order valence-electron chi connectivity index (χ3n) is 4.68. The van der Waals surface area contributed by atoms with Crippen LogP contribution in [0.1, 0.15) is 38.5 Å². The van der Waals surface area contributed by atoms with E-state index >= 15 is 0 Å². The highest BCUT2D eigenvalue weighted by atomic mass is 32.2. The standard InChI is InChI=1S/C19H30N2O5S/c1-21(27(23,24)18-11-9-16(25-2)10-12-18)15-19(22)20-13-6-14-26-17-7-4-3-5-8-17/h9-12,17H,3-8,13-15H2,1-2H3,(H,20,22). The van der Waals surface area contributed by atoms with E-state index in [1.165, 1.54) is 45.6 Å². The van der Waals surface area contributed by atoms with E-state index in [2.05, 4.69) is 5.32 Å². The van der Waals surface area contributed by atoms with E-state index < -0.39 is 10.0 Å². The summed E-state index contributed by atoms with van der Waals surface area (Å²) in [4.78, 5) is 12.1. The Hall–Kier alpha value is -1.64. The second-order valence-corrected chi connectivity index (χ2v) is 8.82. The van der Waals surface area contributed by atoms with Gasteiger partial charge in [0.1, 0.15) is 5.75 Å². The Kier molecular flexibility index (Phi) is 8.53. The van der Waals surface area contributed by atoms with Crippen LogP contribution in [0.25, 0.3) is 0 Å². The highest BCUT2D eigenvalue weighted by Gasteiger charge is 2.22. The van der Waals surface area contributed by atoms with Gasteiger partial charge in [-0.25, -0.2) is 8.42 Å². The third kappa shape index (κ3) is 6.79. The van der Waals surface area contributed by atoms with Gasteiger partial charge in [-0.1, -0.05) is 19.3 Å². The van der Waals surface area contributed by atoms with Crippen molar-refractivity contribution in [2.45, 2.75) is 49.5 Å². The summed E-state index contributed by atoms with van der Waals surface area (Å²) in [5.41, 5.74) is 0. The number of hydrogen-bond acceptors (Lipinski definition) is 5. The number of hydrogen-bond donors (Lipinski definition) is 1. The van der Waals surface area contributed by atoms with Crippen LogP contribution in [0.15, 0.2) is 29.2 Å². The lowest BCUT2D eigenvalue weighted by Crippen LogP contribution is -2.38. The fourth-order valence-corrected chi connectivity index (χ4v) is 4.18. The molecule has 8 heteroatoms. The second-order valence-electron chi connectivity index (χ2n) is 6.77. The van der Waals surface area contributed by atoms with Gasteiger partial charge >= 0.3 is 0 Å². The third-order valence-corrected chi connectivity index (χ3v) is 6.50. The number of benzene rings is 1. The molecule has 0 heterocycles. The molecular weight excluding hydrogens is 368 g/mol. The lowest BCUT2D eigenvalue weighted by Gasteiger charge is -2.22. The number of nitrogens with one attached hydrogen (secondary N) is 1. The second kappa shape index (κ2) is 10.6. The summed E-state index contributed by atoms with van der Waals surface area (Å²) < 4.78 is 36.9. The monoisotopic (exact) mass is 398 g/mol. The van der Waals surface area contributed by atoms with E-state index in [0.29, 0.717) is 25.0 Å². The minimum Gasteiger partial charge on any atom is -0.497 e. The molecule has 1 N–H and O–H groups in total. The first-order chi connectivity index (χ1) is 12.9. The van der Waals surface area contributed by atoms with Gasteiger partial charge in [0.2, 0.25) is 15.9 Å². The zero-order valence-corrected chi connectivity index (χ0v) is 17.0. The SMILES string of the molecule is COc1ccc(S(=O)(=O)N(C)CC(=O)NCCCOC2CCCCC2)cc1. The van der Waals surface area contributed by atoms with E-state index in [9.17, 15) is 13.2 Å². The van der Waals surface area contributed by atoms with E-state index in [-0.39, 0.29) is 17.3 Å². The molecule has 1 aromatic rings. The number of methoxy groups -OCH3 is 1. The number of carbonyl (C=O) groups is 1. The molecule has 0 bridgehead atoms. The highest BCUT2D eigenvalue weighted by molar-refractivity contribution is 7.89. The topological polar surface area (TPSA) is 84.9 Å². The van der Waals surface area contributed by atoms with Crippen LogP contribution in [0.5, 0.6) is 5.75 Å². The van der Waals surface area contributed by atoms with Crippen molar-refractivity contribution in [3.05, 3.63) is 24.3 Å². The van der Waals surface area contributed by atoms with Gasteiger partial charge in [-0.15, -0.1) is 0 Å². The fraction of sp³-hybridized carbons (Fsp3) is 0.632. The maximum Gasteiger partial charge on any atom is 0.243 e. The average molecular weight is 399 g/mol. The largest absolute Gasteiger partial charge is 0.497 e. The number of nitrogens with zero attached hydrogens (tertiary/aromatic N) is 1. The zero-order valence-electron chi connectivity index (χ0n) is 16.1. The molecule has 0 aromatic heterocycles. The molecule has 1 fully saturated rings. The summed E-state index contributed by atoms with van der Waals surface area (Å²) in [7, 11) is -0.808. The summed E-state index contributed by atoms with van der Waals surface area (Å²) in [5.74, 6) is 0.247. The van der Waals surface area contributed by atoms with Crippen molar-refractivity contribution in [3.63, 3.8) is 0 Å². The Morgan fingerprint density at radius 2 is 1.85 bits per heavy atom. The molecule has 1 amide bonds. The Morgan fingerprint density at radius 1 is 1.19 bits per heavy atom. The van der Waals surface area contributed by atoms with Crippen molar-refractivity contribution in [1.82, 2.24) is 9.62 Å². The summed E-state index contributed by atoms with van der Waals surface area (Å²) in [5, 5.41) is 2.75. The molecule has 2 rings (SSSR count). The molecule has 0 saturated heterocycles. The number of rotatable bonds is 10. The minimum absolute atomic E-state index is 0.125. The maximum atomic E-state index is 12.5. The zero-order chi connectivity index (χ0) is 19.7. The Balaban J connectivity index is 1.70. The first-order valence-electron chi connectivity index (χ1n) is 9.42. The first-order valence-corrected chi connectivity index (χ1v) is 10.9. The molecule has 1 saturated carbocycles. The van der Waals surface area contributed by atoms with Crippen molar-refractivity contribution in [1.29, 1.82) is 0 Å². The predicted molar refractivity (Wildman–Crippen MR) is 103 cm³/mol. The van der Waals surface area contributed by atoms with Crippen LogP contribution < -0.4 is 10.1 Å².